The lowest BCUT2D eigenvalue weighted by atomic mass is 9.53. The van der Waals surface area contributed by atoms with Gasteiger partial charge >= 0.3 is 11.9 Å². The molecule has 3 fully saturated rings. The van der Waals surface area contributed by atoms with Crippen LogP contribution in [0.4, 0.5) is 0 Å². The first-order chi connectivity index (χ1) is 14.8. The molecule has 3 aliphatic carbocycles. The molecular weight excluding hydrogens is 392 g/mol. The Morgan fingerprint density at radius 2 is 1.97 bits per heavy atom. The first-order valence-corrected chi connectivity index (χ1v) is 11.9. The molecular formula is C26H36O5. The number of allylic oxidation sites excluding steroid dienone is 2. The second-order valence-corrected chi connectivity index (χ2v) is 9.99. The van der Waals surface area contributed by atoms with Gasteiger partial charge in [0.05, 0.1) is 12.8 Å². The fraction of sp³-hybridized carbons (Fsp3) is 0.731. The standard InChI is InChI=1S/C26H36O5/c1-4-6-7-20(27)16-17-14-18(5-2)25-19(15-17)12-13-26(3)21(25)8-9-22(26)31-24(30)11-10-23(28)29/h2,16,18-19,21-22,25H,4,6-15H2,1,3H3,(H,28,29)/b17-16-/t18-,19?,21?,22+,25?,26+/m1/s1. The molecule has 3 unspecified atom stereocenters. The second-order valence-electron chi connectivity index (χ2n) is 9.99. The number of esters is 1. The quantitative estimate of drug-likeness (QED) is 0.337. The molecule has 0 spiro atoms. The summed E-state index contributed by atoms with van der Waals surface area (Å²) in [5.74, 6) is 3.28. The highest BCUT2D eigenvalue weighted by atomic mass is 16.5. The summed E-state index contributed by atoms with van der Waals surface area (Å²) in [4.78, 5) is 35.2. The molecule has 0 aromatic carbocycles. The predicted molar refractivity (Wildman–Crippen MR) is 118 cm³/mol. The summed E-state index contributed by atoms with van der Waals surface area (Å²) in [6, 6.07) is 0. The average Bonchev–Trinajstić information content (AvgIpc) is 3.06. The van der Waals surface area contributed by atoms with Gasteiger partial charge in [0, 0.05) is 17.8 Å². The van der Waals surface area contributed by atoms with Crippen LogP contribution in [-0.4, -0.2) is 28.9 Å². The molecule has 170 valence electrons. The molecule has 3 aliphatic rings. The van der Waals surface area contributed by atoms with Crippen molar-refractivity contribution < 1.29 is 24.2 Å². The number of carbonyl (C=O) groups excluding carboxylic acids is 2. The zero-order valence-electron chi connectivity index (χ0n) is 18.9. The third-order valence-corrected chi connectivity index (χ3v) is 8.03. The third-order valence-electron chi connectivity index (χ3n) is 8.03. The summed E-state index contributed by atoms with van der Waals surface area (Å²) < 4.78 is 5.78. The van der Waals surface area contributed by atoms with E-state index in [1.807, 2.05) is 6.08 Å². The number of terminal acetylenes is 1. The molecule has 3 rings (SSSR count). The van der Waals surface area contributed by atoms with E-state index in [4.69, 9.17) is 16.3 Å². The molecule has 5 heteroatoms. The largest absolute Gasteiger partial charge is 0.481 e. The van der Waals surface area contributed by atoms with Gasteiger partial charge in [0.15, 0.2) is 5.78 Å². The number of fused-ring (bicyclic) bond motifs is 3. The van der Waals surface area contributed by atoms with Crippen LogP contribution in [-0.2, 0) is 19.1 Å². The van der Waals surface area contributed by atoms with E-state index in [2.05, 4.69) is 19.8 Å². The van der Waals surface area contributed by atoms with Crippen LogP contribution in [0.1, 0.15) is 84.5 Å². The number of rotatable bonds is 8. The van der Waals surface area contributed by atoms with Crippen LogP contribution in [0.5, 0.6) is 0 Å². The fourth-order valence-electron chi connectivity index (χ4n) is 6.47. The van der Waals surface area contributed by atoms with Crippen LogP contribution in [0, 0.1) is 41.4 Å². The van der Waals surface area contributed by atoms with Gasteiger partial charge in [-0.1, -0.05) is 25.8 Å². The number of ether oxygens (including phenoxy) is 1. The molecule has 0 heterocycles. The van der Waals surface area contributed by atoms with Gasteiger partial charge in [-0.2, -0.15) is 0 Å². The van der Waals surface area contributed by atoms with Crippen molar-refractivity contribution in [2.45, 2.75) is 90.6 Å². The summed E-state index contributed by atoms with van der Waals surface area (Å²) in [5.41, 5.74) is 1.11. The Morgan fingerprint density at radius 1 is 1.19 bits per heavy atom. The summed E-state index contributed by atoms with van der Waals surface area (Å²) in [7, 11) is 0. The number of carbonyl (C=O) groups is 3. The van der Waals surface area contributed by atoms with Crippen molar-refractivity contribution in [2.24, 2.45) is 29.1 Å². The maximum Gasteiger partial charge on any atom is 0.306 e. The first-order valence-electron chi connectivity index (χ1n) is 11.9. The van der Waals surface area contributed by atoms with Gasteiger partial charge in [0.2, 0.25) is 0 Å². The molecule has 5 nitrogen and oxygen atoms in total. The maximum absolute atomic E-state index is 12.3. The summed E-state index contributed by atoms with van der Waals surface area (Å²) in [6.45, 7) is 4.32. The number of hydrogen-bond donors (Lipinski definition) is 1. The minimum Gasteiger partial charge on any atom is -0.481 e. The monoisotopic (exact) mass is 428 g/mol. The van der Waals surface area contributed by atoms with Crippen molar-refractivity contribution in [3.05, 3.63) is 11.6 Å². The molecule has 0 aromatic heterocycles. The van der Waals surface area contributed by atoms with Crippen LogP contribution in [0.3, 0.4) is 0 Å². The van der Waals surface area contributed by atoms with Gasteiger partial charge in [0.1, 0.15) is 6.10 Å². The Kier molecular flexibility index (Phi) is 7.62. The summed E-state index contributed by atoms with van der Waals surface area (Å²) >= 11 is 0. The Morgan fingerprint density at radius 3 is 2.65 bits per heavy atom. The van der Waals surface area contributed by atoms with Crippen LogP contribution in [0.15, 0.2) is 11.6 Å². The smallest absolute Gasteiger partial charge is 0.306 e. The van der Waals surface area contributed by atoms with Crippen molar-refractivity contribution in [3.63, 3.8) is 0 Å². The van der Waals surface area contributed by atoms with Gasteiger partial charge in [-0.15, -0.1) is 12.3 Å². The van der Waals surface area contributed by atoms with E-state index in [0.717, 1.165) is 51.4 Å². The molecule has 0 aliphatic heterocycles. The van der Waals surface area contributed by atoms with E-state index in [-0.39, 0.29) is 36.1 Å². The van der Waals surface area contributed by atoms with Crippen molar-refractivity contribution in [1.29, 1.82) is 0 Å². The number of unbranched alkanes of at least 4 members (excludes halogenated alkanes) is 1. The lowest BCUT2D eigenvalue weighted by Crippen LogP contribution is -2.48. The van der Waals surface area contributed by atoms with E-state index >= 15 is 0 Å². The highest BCUT2D eigenvalue weighted by molar-refractivity contribution is 5.90. The van der Waals surface area contributed by atoms with Gasteiger partial charge in [-0.05, 0) is 68.8 Å². The number of ketones is 1. The molecule has 0 bridgehead atoms. The van der Waals surface area contributed by atoms with E-state index < -0.39 is 11.9 Å². The zero-order valence-corrected chi connectivity index (χ0v) is 18.9. The highest BCUT2D eigenvalue weighted by Gasteiger charge is 2.57. The molecule has 3 saturated carbocycles. The van der Waals surface area contributed by atoms with Gasteiger partial charge in [0.25, 0.3) is 0 Å². The van der Waals surface area contributed by atoms with Crippen LogP contribution >= 0.6 is 0 Å². The normalized spacial score (nSPS) is 35.6. The Hall–Kier alpha value is -2.09. The summed E-state index contributed by atoms with van der Waals surface area (Å²) in [6.07, 6.45) is 15.6. The lowest BCUT2D eigenvalue weighted by Gasteiger charge is -2.52. The molecule has 0 radical (unpaired) electrons. The van der Waals surface area contributed by atoms with Crippen LogP contribution in [0.2, 0.25) is 0 Å². The van der Waals surface area contributed by atoms with Crippen molar-refractivity contribution in [2.75, 3.05) is 0 Å². The van der Waals surface area contributed by atoms with Crippen LogP contribution in [0.25, 0.3) is 0 Å². The van der Waals surface area contributed by atoms with Crippen molar-refractivity contribution in [1.82, 2.24) is 0 Å². The van der Waals surface area contributed by atoms with Gasteiger partial charge in [-0.25, -0.2) is 0 Å². The molecule has 0 aromatic rings. The van der Waals surface area contributed by atoms with E-state index in [0.29, 0.717) is 24.2 Å². The topological polar surface area (TPSA) is 80.7 Å². The zero-order chi connectivity index (χ0) is 22.6. The molecule has 0 saturated heterocycles. The Labute approximate surface area is 186 Å². The number of hydrogen-bond acceptors (Lipinski definition) is 4. The number of carboxylic acids is 1. The van der Waals surface area contributed by atoms with E-state index in [9.17, 15) is 14.4 Å². The maximum atomic E-state index is 12.3. The van der Waals surface area contributed by atoms with Crippen molar-refractivity contribution in [3.8, 4) is 12.3 Å². The first kappa shape index (κ1) is 23.6. The lowest BCUT2D eigenvalue weighted by molar-refractivity contribution is -0.160. The van der Waals surface area contributed by atoms with Gasteiger partial charge < -0.3 is 9.84 Å². The second kappa shape index (κ2) is 10.0. The van der Waals surface area contributed by atoms with E-state index in [1.54, 1.807) is 0 Å². The van der Waals surface area contributed by atoms with Crippen LogP contribution < -0.4 is 0 Å². The SMILES string of the molecule is C#C[C@@H]1C/C(=C/C(=O)CCCC)CC2CC[C@@]3(C)C(CC[C@@H]3OC(=O)CCC(=O)O)C21. The predicted octanol–water partition coefficient (Wildman–Crippen LogP) is 4.93. The molecule has 1 N–H and O–H groups in total. The van der Waals surface area contributed by atoms with Crippen molar-refractivity contribution >= 4 is 17.7 Å². The fourth-order valence-corrected chi connectivity index (χ4v) is 6.47. The number of aliphatic carboxylic acids is 1. The molecule has 6 atom stereocenters. The van der Waals surface area contributed by atoms with E-state index in [1.165, 1.54) is 5.57 Å². The highest BCUT2D eigenvalue weighted by Crippen LogP contribution is 2.61. The molecule has 0 amide bonds. The van der Waals surface area contributed by atoms with Gasteiger partial charge in [-0.3, -0.25) is 14.4 Å². The third kappa shape index (κ3) is 5.22. The Bertz CT molecular complexity index is 775. The molecule has 31 heavy (non-hydrogen) atoms. The summed E-state index contributed by atoms with van der Waals surface area (Å²) in [5, 5.41) is 8.81. The number of carboxylic acid groups (broad SMARTS) is 1. The Balaban J connectivity index is 1.70. The minimum atomic E-state index is -0.982. The minimum absolute atomic E-state index is 0.0776. The average molecular weight is 429 g/mol.